The molecule has 0 amide bonds. The molecule has 0 fully saturated rings. The summed E-state index contributed by atoms with van der Waals surface area (Å²) in [5, 5.41) is 0.581. The third-order valence-corrected chi connectivity index (χ3v) is 2.84. The molecule has 0 saturated heterocycles. The molecule has 0 unspecified atom stereocenters. The van der Waals surface area contributed by atoms with Crippen LogP contribution in [0, 0.1) is 0 Å². The minimum atomic E-state index is -0.367. The third-order valence-electron chi connectivity index (χ3n) is 2.60. The minimum Gasteiger partial charge on any atom is -0.486 e. The summed E-state index contributed by atoms with van der Waals surface area (Å²) in [5.74, 6) is 1.11. The lowest BCUT2D eigenvalue weighted by molar-refractivity contribution is 0.297. The van der Waals surface area contributed by atoms with Gasteiger partial charge >= 0.3 is 0 Å². The summed E-state index contributed by atoms with van der Waals surface area (Å²) in [6.45, 7) is 0.163. The zero-order valence-corrected chi connectivity index (χ0v) is 10.9. The average molecular weight is 292 g/mol. The van der Waals surface area contributed by atoms with Crippen LogP contribution in [0.25, 0.3) is 11.2 Å². The van der Waals surface area contributed by atoms with E-state index in [0.29, 0.717) is 16.6 Å². The standard InChI is InChI=1S/C12H10ClN5O2/c13-6-2-1-3-7(4-6)20-5-8-15-9-10(16-8)17-12(14)18-11(9)19/h1-4H,5H2,(H4,14,15,16,17,18,19). The van der Waals surface area contributed by atoms with E-state index in [9.17, 15) is 4.79 Å². The quantitative estimate of drug-likeness (QED) is 0.677. The van der Waals surface area contributed by atoms with Gasteiger partial charge in [-0.3, -0.25) is 9.78 Å². The van der Waals surface area contributed by atoms with E-state index >= 15 is 0 Å². The smallest absolute Gasteiger partial charge is 0.278 e. The first kappa shape index (κ1) is 12.5. The second-order valence-electron chi connectivity index (χ2n) is 4.08. The summed E-state index contributed by atoms with van der Waals surface area (Å²) in [4.78, 5) is 24.9. The highest BCUT2D eigenvalue weighted by Crippen LogP contribution is 2.18. The summed E-state index contributed by atoms with van der Waals surface area (Å²) in [6, 6.07) is 7.00. The number of aromatic amines is 2. The van der Waals surface area contributed by atoms with Gasteiger partial charge < -0.3 is 15.5 Å². The van der Waals surface area contributed by atoms with E-state index in [1.807, 2.05) is 0 Å². The molecular formula is C12H10ClN5O2. The maximum atomic E-state index is 11.6. The number of nitrogens with one attached hydrogen (secondary N) is 2. The fourth-order valence-corrected chi connectivity index (χ4v) is 1.93. The highest BCUT2D eigenvalue weighted by Gasteiger charge is 2.09. The molecule has 1 aromatic carbocycles. The van der Waals surface area contributed by atoms with Crippen LogP contribution < -0.4 is 16.0 Å². The largest absolute Gasteiger partial charge is 0.486 e. The van der Waals surface area contributed by atoms with Crippen LogP contribution in [-0.2, 0) is 6.61 Å². The fraction of sp³-hybridized carbons (Fsp3) is 0.0833. The van der Waals surface area contributed by atoms with Crippen molar-refractivity contribution in [2.45, 2.75) is 6.61 Å². The van der Waals surface area contributed by atoms with E-state index in [1.54, 1.807) is 24.3 Å². The van der Waals surface area contributed by atoms with E-state index in [1.165, 1.54) is 0 Å². The molecule has 2 heterocycles. The Balaban J connectivity index is 1.85. The Labute approximate surface area is 117 Å². The maximum absolute atomic E-state index is 11.6. The van der Waals surface area contributed by atoms with Crippen molar-refractivity contribution in [2.75, 3.05) is 5.73 Å². The van der Waals surface area contributed by atoms with Gasteiger partial charge in [-0.05, 0) is 18.2 Å². The number of nitrogen functional groups attached to an aromatic ring is 1. The average Bonchev–Trinajstić information content (AvgIpc) is 2.80. The Kier molecular flexibility index (Phi) is 3.03. The first-order valence-electron chi connectivity index (χ1n) is 5.74. The predicted octanol–water partition coefficient (Wildman–Crippen LogP) is 1.46. The van der Waals surface area contributed by atoms with Crippen LogP contribution >= 0.6 is 11.6 Å². The van der Waals surface area contributed by atoms with Crippen LogP contribution in [0.15, 0.2) is 29.1 Å². The van der Waals surface area contributed by atoms with Gasteiger partial charge in [-0.1, -0.05) is 17.7 Å². The van der Waals surface area contributed by atoms with Crippen molar-refractivity contribution in [3.63, 3.8) is 0 Å². The third kappa shape index (κ3) is 2.43. The van der Waals surface area contributed by atoms with Gasteiger partial charge in [0.25, 0.3) is 5.56 Å². The van der Waals surface area contributed by atoms with E-state index in [2.05, 4.69) is 19.9 Å². The first-order valence-corrected chi connectivity index (χ1v) is 6.12. The van der Waals surface area contributed by atoms with E-state index in [-0.39, 0.29) is 29.3 Å². The van der Waals surface area contributed by atoms with E-state index < -0.39 is 0 Å². The Morgan fingerprint density at radius 1 is 1.30 bits per heavy atom. The SMILES string of the molecule is Nc1nc2nc(COc3cccc(Cl)c3)[nH]c2c(=O)[nH]1. The van der Waals surface area contributed by atoms with Crippen LogP contribution in [0.4, 0.5) is 5.95 Å². The molecule has 7 nitrogen and oxygen atoms in total. The molecule has 0 saturated carbocycles. The van der Waals surface area contributed by atoms with Crippen LogP contribution in [0.5, 0.6) is 5.75 Å². The fourth-order valence-electron chi connectivity index (χ4n) is 1.75. The molecule has 0 radical (unpaired) electrons. The molecular weight excluding hydrogens is 282 g/mol. The molecule has 0 aliphatic rings. The molecule has 0 aliphatic heterocycles. The second-order valence-corrected chi connectivity index (χ2v) is 4.52. The number of rotatable bonds is 3. The number of benzene rings is 1. The molecule has 102 valence electrons. The number of hydrogen-bond donors (Lipinski definition) is 3. The highest BCUT2D eigenvalue weighted by molar-refractivity contribution is 6.30. The molecule has 4 N–H and O–H groups in total. The van der Waals surface area contributed by atoms with Gasteiger partial charge in [0, 0.05) is 5.02 Å². The lowest BCUT2D eigenvalue weighted by Crippen LogP contribution is -2.10. The number of imidazole rings is 1. The van der Waals surface area contributed by atoms with Gasteiger partial charge in [0.05, 0.1) is 0 Å². The summed E-state index contributed by atoms with van der Waals surface area (Å²) < 4.78 is 5.52. The molecule has 0 spiro atoms. The summed E-state index contributed by atoms with van der Waals surface area (Å²) >= 11 is 5.86. The number of halogens is 1. The van der Waals surface area contributed by atoms with Gasteiger partial charge in [0.2, 0.25) is 5.95 Å². The molecule has 0 atom stereocenters. The number of hydrogen-bond acceptors (Lipinski definition) is 5. The topological polar surface area (TPSA) is 110 Å². The normalized spacial score (nSPS) is 10.8. The van der Waals surface area contributed by atoms with Gasteiger partial charge in [-0.15, -0.1) is 0 Å². The predicted molar refractivity (Wildman–Crippen MR) is 74.7 cm³/mol. The zero-order chi connectivity index (χ0) is 14.1. The highest BCUT2D eigenvalue weighted by atomic mass is 35.5. The molecule has 8 heteroatoms. The number of nitrogens with zero attached hydrogens (tertiary/aromatic N) is 2. The first-order chi connectivity index (χ1) is 9.61. The van der Waals surface area contributed by atoms with Gasteiger partial charge in [0.1, 0.15) is 18.2 Å². The van der Waals surface area contributed by atoms with E-state index in [0.717, 1.165) is 0 Å². The molecule has 20 heavy (non-hydrogen) atoms. The maximum Gasteiger partial charge on any atom is 0.278 e. The summed E-state index contributed by atoms with van der Waals surface area (Å²) in [5.41, 5.74) is 5.61. The van der Waals surface area contributed by atoms with Gasteiger partial charge in [-0.2, -0.15) is 4.98 Å². The van der Waals surface area contributed by atoms with Crippen LogP contribution in [0.3, 0.4) is 0 Å². The summed E-state index contributed by atoms with van der Waals surface area (Å²) in [7, 11) is 0. The van der Waals surface area contributed by atoms with Gasteiger partial charge in [-0.25, -0.2) is 4.98 Å². The van der Waals surface area contributed by atoms with Crippen molar-refractivity contribution in [3.05, 3.63) is 45.5 Å². The molecule has 2 aromatic heterocycles. The van der Waals surface area contributed by atoms with Crippen molar-refractivity contribution in [3.8, 4) is 5.75 Å². The Morgan fingerprint density at radius 2 is 2.15 bits per heavy atom. The Bertz CT molecular complexity index is 826. The van der Waals surface area contributed by atoms with Gasteiger partial charge in [0.15, 0.2) is 11.2 Å². The second kappa shape index (κ2) is 4.86. The van der Waals surface area contributed by atoms with Crippen molar-refractivity contribution in [1.82, 2.24) is 19.9 Å². The molecule has 0 aliphatic carbocycles. The van der Waals surface area contributed by atoms with E-state index in [4.69, 9.17) is 22.1 Å². The zero-order valence-electron chi connectivity index (χ0n) is 10.2. The number of nitrogens with two attached hydrogens (primary N) is 1. The van der Waals surface area contributed by atoms with Crippen molar-refractivity contribution < 1.29 is 4.74 Å². The van der Waals surface area contributed by atoms with Crippen LogP contribution in [0.2, 0.25) is 5.02 Å². The number of ether oxygens (including phenoxy) is 1. The Morgan fingerprint density at radius 3 is 2.95 bits per heavy atom. The van der Waals surface area contributed by atoms with Crippen molar-refractivity contribution in [2.24, 2.45) is 0 Å². The molecule has 3 rings (SSSR count). The Hall–Kier alpha value is -2.54. The monoisotopic (exact) mass is 291 g/mol. The lowest BCUT2D eigenvalue weighted by Gasteiger charge is -2.03. The lowest BCUT2D eigenvalue weighted by atomic mass is 10.3. The minimum absolute atomic E-state index is 0.0244. The van der Waals surface area contributed by atoms with Crippen LogP contribution in [0.1, 0.15) is 5.82 Å². The number of anilines is 1. The summed E-state index contributed by atoms with van der Waals surface area (Å²) in [6.07, 6.45) is 0. The number of aromatic nitrogens is 4. The molecule has 3 aromatic rings. The number of fused-ring (bicyclic) bond motifs is 1. The van der Waals surface area contributed by atoms with Crippen molar-refractivity contribution >= 4 is 28.7 Å². The van der Waals surface area contributed by atoms with Crippen LogP contribution in [-0.4, -0.2) is 19.9 Å². The number of H-pyrrole nitrogens is 2. The van der Waals surface area contributed by atoms with Crippen molar-refractivity contribution in [1.29, 1.82) is 0 Å². The molecule has 0 bridgehead atoms.